The Balaban J connectivity index is 1.23. The van der Waals surface area contributed by atoms with Gasteiger partial charge in [-0.25, -0.2) is 10.4 Å². The molecule has 3 aliphatic rings. The molecule has 6 nitrogen and oxygen atoms in total. The van der Waals surface area contributed by atoms with Crippen LogP contribution in [0.5, 0.6) is 0 Å². The number of likely N-dealkylation sites (tertiary alicyclic amines) is 1. The topological polar surface area (TPSA) is 73.1 Å². The van der Waals surface area contributed by atoms with E-state index in [0.29, 0.717) is 23.8 Å². The maximum atomic E-state index is 13.2. The second-order valence-corrected chi connectivity index (χ2v) is 8.41. The van der Waals surface area contributed by atoms with Crippen LogP contribution >= 0.6 is 0 Å². The zero-order valence-corrected chi connectivity index (χ0v) is 15.8. The number of imidazole rings is 1. The van der Waals surface area contributed by atoms with Crippen molar-refractivity contribution in [2.45, 2.75) is 62.9 Å². The lowest BCUT2D eigenvalue weighted by Gasteiger charge is -2.34. The van der Waals surface area contributed by atoms with Gasteiger partial charge >= 0.3 is 0 Å². The van der Waals surface area contributed by atoms with Crippen molar-refractivity contribution in [2.24, 2.45) is 5.92 Å². The number of hydrogen-bond donors (Lipinski definition) is 3. The number of para-hydroxylation sites is 2. The summed E-state index contributed by atoms with van der Waals surface area (Å²) in [5.41, 5.74) is 8.87. The predicted molar refractivity (Wildman–Crippen MR) is 105 cm³/mol. The van der Waals surface area contributed by atoms with Crippen LogP contribution in [0.1, 0.15) is 56.7 Å². The molecule has 0 radical (unpaired) electrons. The summed E-state index contributed by atoms with van der Waals surface area (Å²) < 4.78 is 0. The molecular formula is C21H29N5O. The molecule has 5 rings (SSSR count). The number of piperidine rings is 1. The quantitative estimate of drug-likeness (QED) is 0.763. The maximum absolute atomic E-state index is 13.2. The molecule has 1 aromatic heterocycles. The van der Waals surface area contributed by atoms with Gasteiger partial charge < -0.3 is 9.88 Å². The Morgan fingerprint density at radius 3 is 2.67 bits per heavy atom. The van der Waals surface area contributed by atoms with E-state index in [-0.39, 0.29) is 6.04 Å². The standard InChI is InChI=1S/C21H29N5O/c27-21(19-15-6-2-1-3-7-16(15)24-25-19)26-12-10-14(11-13-26)20-22-17-8-4-5-9-18(17)23-20/h4-5,8-9,14-16,19,24-25H,1-3,6-7,10-13H2,(H,22,23). The van der Waals surface area contributed by atoms with Gasteiger partial charge in [0, 0.05) is 31.0 Å². The van der Waals surface area contributed by atoms with Crippen molar-refractivity contribution >= 4 is 16.9 Å². The zero-order chi connectivity index (χ0) is 18.2. The third-order valence-corrected chi connectivity index (χ3v) is 6.79. The molecule has 3 N–H and O–H groups in total. The molecule has 3 unspecified atom stereocenters. The Bertz CT molecular complexity index is 777. The number of H-pyrrole nitrogens is 1. The SMILES string of the molecule is O=C(C1NNC2CCCCCC21)N1CCC(c2nc3ccccc3[nH]2)CC1. The van der Waals surface area contributed by atoms with Crippen LogP contribution in [0.4, 0.5) is 0 Å². The molecule has 2 saturated heterocycles. The molecule has 1 aromatic carbocycles. The van der Waals surface area contributed by atoms with Crippen molar-refractivity contribution in [2.75, 3.05) is 13.1 Å². The largest absolute Gasteiger partial charge is 0.342 e. The number of hydrazine groups is 1. The number of aromatic nitrogens is 2. The third-order valence-electron chi connectivity index (χ3n) is 6.79. The molecule has 6 heteroatoms. The van der Waals surface area contributed by atoms with Crippen LogP contribution < -0.4 is 10.9 Å². The van der Waals surface area contributed by atoms with Crippen LogP contribution in [0.15, 0.2) is 24.3 Å². The monoisotopic (exact) mass is 367 g/mol. The second kappa shape index (κ2) is 7.24. The summed E-state index contributed by atoms with van der Waals surface area (Å²) in [7, 11) is 0. The van der Waals surface area contributed by atoms with Gasteiger partial charge in [0.2, 0.25) is 5.91 Å². The normalized spacial score (nSPS) is 29.6. The number of amides is 1. The van der Waals surface area contributed by atoms with Crippen LogP contribution in [-0.2, 0) is 4.79 Å². The van der Waals surface area contributed by atoms with Crippen molar-refractivity contribution in [3.63, 3.8) is 0 Å². The Kier molecular flexibility index (Phi) is 4.61. The fraction of sp³-hybridized carbons (Fsp3) is 0.619. The molecule has 144 valence electrons. The number of nitrogens with zero attached hydrogens (tertiary/aromatic N) is 2. The molecule has 0 bridgehead atoms. The summed E-state index contributed by atoms with van der Waals surface area (Å²) in [6.45, 7) is 1.66. The van der Waals surface area contributed by atoms with Crippen LogP contribution in [0.2, 0.25) is 0 Å². The number of carbonyl (C=O) groups excluding carboxylic acids is 1. The third kappa shape index (κ3) is 3.25. The van der Waals surface area contributed by atoms with E-state index in [1.165, 1.54) is 25.7 Å². The minimum absolute atomic E-state index is 0.0455. The van der Waals surface area contributed by atoms with Gasteiger partial charge in [0.1, 0.15) is 11.9 Å². The molecular weight excluding hydrogens is 338 g/mol. The summed E-state index contributed by atoms with van der Waals surface area (Å²) in [6.07, 6.45) is 8.16. The molecule has 2 aliphatic heterocycles. The minimum atomic E-state index is -0.0455. The van der Waals surface area contributed by atoms with Crippen LogP contribution in [0.25, 0.3) is 11.0 Å². The zero-order valence-electron chi connectivity index (χ0n) is 15.8. The fourth-order valence-corrected chi connectivity index (χ4v) is 5.20. The molecule has 3 fully saturated rings. The van der Waals surface area contributed by atoms with Gasteiger partial charge in [-0.05, 0) is 37.8 Å². The van der Waals surface area contributed by atoms with E-state index >= 15 is 0 Å². The first-order chi connectivity index (χ1) is 13.3. The van der Waals surface area contributed by atoms with Crippen LogP contribution in [0, 0.1) is 5.92 Å². The summed E-state index contributed by atoms with van der Waals surface area (Å²) >= 11 is 0. The smallest absolute Gasteiger partial charge is 0.241 e. The van der Waals surface area contributed by atoms with E-state index in [1.807, 2.05) is 12.1 Å². The highest BCUT2D eigenvalue weighted by Crippen LogP contribution is 2.32. The van der Waals surface area contributed by atoms with Gasteiger partial charge in [0.05, 0.1) is 11.0 Å². The van der Waals surface area contributed by atoms with Crippen molar-refractivity contribution in [1.29, 1.82) is 0 Å². The lowest BCUT2D eigenvalue weighted by molar-refractivity contribution is -0.135. The summed E-state index contributed by atoms with van der Waals surface area (Å²) in [5, 5.41) is 0. The number of rotatable bonds is 2. The van der Waals surface area contributed by atoms with E-state index in [4.69, 9.17) is 4.98 Å². The Hall–Kier alpha value is -1.92. The molecule has 1 saturated carbocycles. The van der Waals surface area contributed by atoms with Gasteiger partial charge in [-0.1, -0.05) is 31.4 Å². The van der Waals surface area contributed by atoms with Gasteiger partial charge in [-0.3, -0.25) is 10.2 Å². The van der Waals surface area contributed by atoms with Crippen LogP contribution in [-0.4, -0.2) is 45.9 Å². The summed E-state index contributed by atoms with van der Waals surface area (Å²) in [6, 6.07) is 8.61. The van der Waals surface area contributed by atoms with E-state index in [9.17, 15) is 4.79 Å². The number of benzene rings is 1. The Labute approximate surface area is 160 Å². The van der Waals surface area contributed by atoms with E-state index < -0.39 is 0 Å². The van der Waals surface area contributed by atoms with Crippen molar-refractivity contribution < 1.29 is 4.79 Å². The highest BCUT2D eigenvalue weighted by molar-refractivity contribution is 5.83. The molecule has 3 heterocycles. The van der Waals surface area contributed by atoms with Gasteiger partial charge in [-0.15, -0.1) is 0 Å². The average molecular weight is 367 g/mol. The second-order valence-electron chi connectivity index (χ2n) is 8.41. The van der Waals surface area contributed by atoms with Crippen molar-refractivity contribution in [3.05, 3.63) is 30.1 Å². The molecule has 1 aliphatic carbocycles. The molecule has 2 aromatic rings. The van der Waals surface area contributed by atoms with Gasteiger partial charge in [0.25, 0.3) is 0 Å². The number of aromatic amines is 1. The lowest BCUT2D eigenvalue weighted by Crippen LogP contribution is -2.50. The van der Waals surface area contributed by atoms with E-state index in [2.05, 4.69) is 32.9 Å². The lowest BCUT2D eigenvalue weighted by atomic mass is 9.88. The Morgan fingerprint density at radius 1 is 1.00 bits per heavy atom. The van der Waals surface area contributed by atoms with Crippen LogP contribution in [0.3, 0.4) is 0 Å². The summed E-state index contributed by atoms with van der Waals surface area (Å²) in [5.74, 6) is 2.24. The fourth-order valence-electron chi connectivity index (χ4n) is 5.20. The highest BCUT2D eigenvalue weighted by Gasteiger charge is 2.42. The number of hydrogen-bond acceptors (Lipinski definition) is 4. The number of carbonyl (C=O) groups is 1. The first-order valence-electron chi connectivity index (χ1n) is 10.5. The molecule has 27 heavy (non-hydrogen) atoms. The summed E-state index contributed by atoms with van der Waals surface area (Å²) in [4.78, 5) is 23.5. The van der Waals surface area contributed by atoms with Gasteiger partial charge in [0.15, 0.2) is 0 Å². The van der Waals surface area contributed by atoms with Crippen molar-refractivity contribution in [1.82, 2.24) is 25.7 Å². The molecule has 1 amide bonds. The van der Waals surface area contributed by atoms with Crippen molar-refractivity contribution in [3.8, 4) is 0 Å². The van der Waals surface area contributed by atoms with E-state index in [1.54, 1.807) is 0 Å². The number of fused-ring (bicyclic) bond motifs is 2. The average Bonchev–Trinajstić information content (AvgIpc) is 3.25. The first-order valence-corrected chi connectivity index (χ1v) is 10.5. The van der Waals surface area contributed by atoms with Gasteiger partial charge in [-0.2, -0.15) is 0 Å². The number of nitrogens with one attached hydrogen (secondary N) is 3. The predicted octanol–water partition coefficient (Wildman–Crippen LogP) is 2.69. The molecule has 0 spiro atoms. The first kappa shape index (κ1) is 17.2. The van der Waals surface area contributed by atoms with E-state index in [0.717, 1.165) is 49.2 Å². The molecule has 3 atom stereocenters. The Morgan fingerprint density at radius 2 is 1.81 bits per heavy atom. The maximum Gasteiger partial charge on any atom is 0.241 e. The highest BCUT2D eigenvalue weighted by atomic mass is 16.2. The minimum Gasteiger partial charge on any atom is -0.342 e.